The minimum atomic E-state index is -0.912. The zero-order valence-corrected chi connectivity index (χ0v) is 16.7. The minimum absolute atomic E-state index is 0.0331. The van der Waals surface area contributed by atoms with Crippen molar-refractivity contribution in [3.8, 4) is 11.1 Å². The van der Waals surface area contributed by atoms with E-state index in [2.05, 4.69) is 5.32 Å². The van der Waals surface area contributed by atoms with Crippen molar-refractivity contribution in [1.82, 2.24) is 0 Å². The average Bonchev–Trinajstić information content (AvgIpc) is 3.14. The van der Waals surface area contributed by atoms with Crippen LogP contribution in [0.3, 0.4) is 0 Å². The molecule has 1 aliphatic heterocycles. The zero-order valence-electron chi connectivity index (χ0n) is 16.7. The van der Waals surface area contributed by atoms with Gasteiger partial charge < -0.3 is 15.0 Å². The Kier molecular flexibility index (Phi) is 5.79. The number of amides is 1. The largest absolute Gasteiger partial charge is 0.492 e. The van der Waals surface area contributed by atoms with Crippen molar-refractivity contribution >= 4 is 30.0 Å². The second-order valence-electron chi connectivity index (χ2n) is 7.42. The lowest BCUT2D eigenvalue weighted by Gasteiger charge is -2.10. The Hall–Kier alpha value is -3.22. The summed E-state index contributed by atoms with van der Waals surface area (Å²) in [4.78, 5) is 23.9. The van der Waals surface area contributed by atoms with Crippen LogP contribution in [0, 0.1) is 0 Å². The van der Waals surface area contributed by atoms with Crippen LogP contribution in [0.4, 0.5) is 5.69 Å². The molecule has 150 valence electrons. The highest BCUT2D eigenvalue weighted by atomic mass is 16.5. The van der Waals surface area contributed by atoms with E-state index in [-0.39, 0.29) is 11.7 Å². The monoisotopic (exact) mass is 399 g/mol. The first-order valence-corrected chi connectivity index (χ1v) is 9.93. The lowest BCUT2D eigenvalue weighted by atomic mass is 9.75. The van der Waals surface area contributed by atoms with Crippen LogP contribution in [0.1, 0.15) is 34.8 Å². The molecule has 0 unspecified atom stereocenters. The van der Waals surface area contributed by atoms with Gasteiger partial charge in [0.05, 0.1) is 6.61 Å². The first-order chi connectivity index (χ1) is 14.5. The van der Waals surface area contributed by atoms with Crippen LogP contribution >= 0.6 is 0 Å². The Morgan fingerprint density at radius 2 is 1.80 bits per heavy atom. The molecule has 0 bridgehead atoms. The molecule has 0 spiro atoms. The van der Waals surface area contributed by atoms with E-state index in [1.807, 2.05) is 54.6 Å². The van der Waals surface area contributed by atoms with E-state index < -0.39 is 7.12 Å². The molecule has 0 fully saturated rings. The van der Waals surface area contributed by atoms with Crippen molar-refractivity contribution < 1.29 is 19.3 Å². The van der Waals surface area contributed by atoms with Gasteiger partial charge in [-0.25, -0.2) is 0 Å². The maximum atomic E-state index is 12.5. The molecule has 3 aromatic carbocycles. The van der Waals surface area contributed by atoms with E-state index in [1.54, 1.807) is 19.1 Å². The molecule has 0 aliphatic carbocycles. The molecule has 1 amide bonds. The Morgan fingerprint density at radius 1 is 1.03 bits per heavy atom. The highest BCUT2D eigenvalue weighted by molar-refractivity contribution is 6.62. The number of hydrogen-bond acceptors (Lipinski definition) is 4. The number of Topliss-reactive ketones (excluding diaryl/α,β-unsaturated/α-hetero) is 1. The Morgan fingerprint density at radius 3 is 2.57 bits per heavy atom. The standard InChI is InChI=1S/C24H22BNO4/c1-16(27)17-8-10-18(11-9-17)20-5-3-7-22(14-20)26-23(28)13-12-19-4-2-6-21-15-30-25(29)24(19)21/h2-11,14,29H,12-13,15H2,1H3,(H,26,28). The van der Waals surface area contributed by atoms with Crippen LogP contribution < -0.4 is 10.8 Å². The number of hydrogen-bond donors (Lipinski definition) is 2. The molecule has 30 heavy (non-hydrogen) atoms. The fourth-order valence-electron chi connectivity index (χ4n) is 3.72. The summed E-state index contributed by atoms with van der Waals surface area (Å²) in [6, 6.07) is 20.8. The second-order valence-corrected chi connectivity index (χ2v) is 7.42. The van der Waals surface area contributed by atoms with Crippen LogP contribution in [0.5, 0.6) is 0 Å². The SMILES string of the molecule is CC(=O)c1ccc(-c2cccc(NC(=O)CCc3cccc4c3B(O)OC4)c2)cc1. The third kappa shape index (κ3) is 4.35. The molecule has 0 saturated carbocycles. The summed E-state index contributed by atoms with van der Waals surface area (Å²) >= 11 is 0. The van der Waals surface area contributed by atoms with Crippen molar-refractivity contribution in [2.75, 3.05) is 5.32 Å². The van der Waals surface area contributed by atoms with Gasteiger partial charge in [0.1, 0.15) is 0 Å². The van der Waals surface area contributed by atoms with Gasteiger partial charge in [0.15, 0.2) is 5.78 Å². The maximum Gasteiger partial charge on any atom is 0.492 e. The zero-order chi connectivity index (χ0) is 21.1. The number of aryl methyl sites for hydroxylation is 1. The molecule has 6 heteroatoms. The lowest BCUT2D eigenvalue weighted by molar-refractivity contribution is -0.116. The fourth-order valence-corrected chi connectivity index (χ4v) is 3.72. The quantitative estimate of drug-likeness (QED) is 0.493. The third-order valence-electron chi connectivity index (χ3n) is 5.32. The van der Waals surface area contributed by atoms with Gasteiger partial charge in [-0.15, -0.1) is 0 Å². The van der Waals surface area contributed by atoms with Gasteiger partial charge in [0.2, 0.25) is 5.91 Å². The van der Waals surface area contributed by atoms with Gasteiger partial charge in [0.25, 0.3) is 0 Å². The first kappa shape index (κ1) is 20.1. The summed E-state index contributed by atoms with van der Waals surface area (Å²) in [7, 11) is -0.912. The number of nitrogens with one attached hydrogen (secondary N) is 1. The maximum absolute atomic E-state index is 12.5. The second kappa shape index (κ2) is 8.65. The van der Waals surface area contributed by atoms with Gasteiger partial charge in [0, 0.05) is 17.7 Å². The number of carbonyl (C=O) groups is 2. The Labute approximate surface area is 175 Å². The van der Waals surface area contributed by atoms with Crippen molar-refractivity contribution in [3.05, 3.63) is 83.4 Å². The molecule has 0 aromatic heterocycles. The number of anilines is 1. The van der Waals surface area contributed by atoms with Crippen LogP contribution in [0.25, 0.3) is 11.1 Å². The van der Waals surface area contributed by atoms with E-state index in [9.17, 15) is 14.6 Å². The molecule has 4 rings (SSSR count). The van der Waals surface area contributed by atoms with Gasteiger partial charge in [-0.2, -0.15) is 0 Å². The van der Waals surface area contributed by atoms with Crippen molar-refractivity contribution in [1.29, 1.82) is 0 Å². The smallest absolute Gasteiger partial charge is 0.423 e. The highest BCUT2D eigenvalue weighted by Crippen LogP contribution is 2.23. The molecule has 2 N–H and O–H groups in total. The van der Waals surface area contributed by atoms with Gasteiger partial charge >= 0.3 is 7.12 Å². The van der Waals surface area contributed by atoms with E-state index in [4.69, 9.17) is 4.65 Å². The summed E-state index contributed by atoms with van der Waals surface area (Å²) in [5, 5.41) is 13.0. The number of carbonyl (C=O) groups excluding carboxylic acids is 2. The lowest BCUT2D eigenvalue weighted by Crippen LogP contribution is -2.31. The predicted octanol–water partition coefficient (Wildman–Crippen LogP) is 3.35. The average molecular weight is 399 g/mol. The molecule has 0 radical (unpaired) electrons. The van der Waals surface area contributed by atoms with E-state index in [0.717, 1.165) is 33.4 Å². The summed E-state index contributed by atoms with van der Waals surface area (Å²) in [5.74, 6) is -0.0595. The molecule has 1 aliphatic rings. The van der Waals surface area contributed by atoms with Gasteiger partial charge in [-0.05, 0) is 53.2 Å². The molecular weight excluding hydrogens is 377 g/mol. The highest BCUT2D eigenvalue weighted by Gasteiger charge is 2.29. The van der Waals surface area contributed by atoms with Crippen LogP contribution in [-0.4, -0.2) is 23.8 Å². The molecule has 1 heterocycles. The molecular formula is C24H22BNO4. The summed E-state index contributed by atoms with van der Waals surface area (Å²) < 4.78 is 5.28. The number of rotatable bonds is 6. The molecule has 3 aromatic rings. The van der Waals surface area contributed by atoms with Crippen LogP contribution in [0.2, 0.25) is 0 Å². The Balaban J connectivity index is 1.41. The fraction of sp³-hybridized carbons (Fsp3) is 0.167. The molecule has 0 atom stereocenters. The third-order valence-corrected chi connectivity index (χ3v) is 5.32. The normalized spacial score (nSPS) is 12.5. The molecule has 0 saturated heterocycles. The predicted molar refractivity (Wildman–Crippen MR) is 118 cm³/mol. The number of ketones is 1. The van der Waals surface area contributed by atoms with Crippen molar-refractivity contribution in [2.24, 2.45) is 0 Å². The van der Waals surface area contributed by atoms with Crippen molar-refractivity contribution in [3.63, 3.8) is 0 Å². The Bertz CT molecular complexity index is 1090. The molecule has 5 nitrogen and oxygen atoms in total. The van der Waals surface area contributed by atoms with Crippen LogP contribution in [0.15, 0.2) is 66.7 Å². The topological polar surface area (TPSA) is 75.6 Å². The minimum Gasteiger partial charge on any atom is -0.423 e. The van der Waals surface area contributed by atoms with E-state index in [1.165, 1.54) is 0 Å². The van der Waals surface area contributed by atoms with Crippen molar-refractivity contribution in [2.45, 2.75) is 26.4 Å². The van der Waals surface area contributed by atoms with Gasteiger partial charge in [-0.3, -0.25) is 9.59 Å². The van der Waals surface area contributed by atoms with Crippen LogP contribution in [-0.2, 0) is 22.5 Å². The van der Waals surface area contributed by atoms with E-state index >= 15 is 0 Å². The summed E-state index contributed by atoms with van der Waals surface area (Å²) in [5.41, 5.74) is 6.03. The first-order valence-electron chi connectivity index (χ1n) is 9.93. The summed E-state index contributed by atoms with van der Waals surface area (Å²) in [6.45, 7) is 1.94. The van der Waals surface area contributed by atoms with E-state index in [0.29, 0.717) is 25.0 Å². The summed E-state index contributed by atoms with van der Waals surface area (Å²) in [6.07, 6.45) is 0.836. The number of benzene rings is 3. The number of fused-ring (bicyclic) bond motifs is 1. The van der Waals surface area contributed by atoms with Gasteiger partial charge in [-0.1, -0.05) is 54.6 Å².